The van der Waals surface area contributed by atoms with E-state index in [1.165, 1.54) is 22.2 Å². The van der Waals surface area contributed by atoms with Crippen molar-refractivity contribution in [3.63, 3.8) is 0 Å². The summed E-state index contributed by atoms with van der Waals surface area (Å²) in [6, 6.07) is 1.73. The number of nitrogens with one attached hydrogen (secondary N) is 1. The maximum Gasteiger partial charge on any atom is 0.262 e. The molecule has 0 atom stereocenters. The molecule has 0 aliphatic heterocycles. The van der Waals surface area contributed by atoms with Gasteiger partial charge in [0, 0.05) is 13.2 Å². The number of fused-ring (bicyclic) bond motifs is 1. The molecule has 1 aliphatic carbocycles. The Morgan fingerprint density at radius 1 is 1.52 bits per heavy atom. The van der Waals surface area contributed by atoms with Crippen LogP contribution in [0.15, 0.2) is 22.6 Å². The van der Waals surface area contributed by atoms with E-state index in [0.717, 1.165) is 19.3 Å². The first kappa shape index (κ1) is 14.2. The van der Waals surface area contributed by atoms with E-state index in [4.69, 9.17) is 5.11 Å². The number of rotatable bonds is 6. The molecular weight excluding hydrogens is 290 g/mol. The summed E-state index contributed by atoms with van der Waals surface area (Å²) in [5, 5.41) is 14.2. The predicted molar refractivity (Wildman–Crippen MR) is 80.3 cm³/mol. The van der Waals surface area contributed by atoms with Gasteiger partial charge >= 0.3 is 0 Å². The number of amides is 1. The van der Waals surface area contributed by atoms with Gasteiger partial charge in [0.2, 0.25) is 5.91 Å². The van der Waals surface area contributed by atoms with Gasteiger partial charge in [-0.3, -0.25) is 14.2 Å². The minimum atomic E-state index is -0.197. The average Bonchev–Trinajstić information content (AvgIpc) is 3.06. The number of aliphatic hydroxyl groups is 1. The van der Waals surface area contributed by atoms with Crippen LogP contribution in [0, 0.1) is 5.41 Å². The largest absolute Gasteiger partial charge is 0.396 e. The number of hydrogen-bond donors (Lipinski definition) is 2. The van der Waals surface area contributed by atoms with Gasteiger partial charge in [-0.25, -0.2) is 4.98 Å². The van der Waals surface area contributed by atoms with Crippen molar-refractivity contribution >= 4 is 27.5 Å². The lowest BCUT2D eigenvalue weighted by Crippen LogP contribution is -2.35. The molecule has 112 valence electrons. The van der Waals surface area contributed by atoms with Gasteiger partial charge in [-0.05, 0) is 36.1 Å². The van der Waals surface area contributed by atoms with Crippen molar-refractivity contribution < 1.29 is 9.90 Å². The molecule has 0 spiro atoms. The van der Waals surface area contributed by atoms with Crippen molar-refractivity contribution in [1.82, 2.24) is 14.9 Å². The number of aromatic nitrogens is 2. The normalized spacial score (nSPS) is 16.0. The SMILES string of the molecule is O=C(Cn1cnc2sccc2c1=O)NCC1(CCO)CC1. The molecule has 0 saturated heterocycles. The zero-order valence-electron chi connectivity index (χ0n) is 11.5. The molecule has 2 heterocycles. The van der Waals surface area contributed by atoms with Crippen LogP contribution in [-0.4, -0.2) is 33.7 Å². The van der Waals surface area contributed by atoms with Gasteiger partial charge in [-0.2, -0.15) is 0 Å². The van der Waals surface area contributed by atoms with Crippen molar-refractivity contribution in [2.24, 2.45) is 5.41 Å². The van der Waals surface area contributed by atoms with Gasteiger partial charge in [0.05, 0.1) is 11.7 Å². The second-order valence-corrected chi connectivity index (χ2v) is 6.46. The van der Waals surface area contributed by atoms with E-state index in [-0.39, 0.29) is 30.0 Å². The van der Waals surface area contributed by atoms with Crippen LogP contribution in [0.3, 0.4) is 0 Å². The second kappa shape index (κ2) is 5.57. The van der Waals surface area contributed by atoms with Crippen molar-refractivity contribution in [2.75, 3.05) is 13.2 Å². The van der Waals surface area contributed by atoms with Crippen molar-refractivity contribution in [2.45, 2.75) is 25.8 Å². The van der Waals surface area contributed by atoms with Gasteiger partial charge in [0.25, 0.3) is 5.56 Å². The molecule has 0 aromatic carbocycles. The Labute approximate surface area is 125 Å². The van der Waals surface area contributed by atoms with E-state index < -0.39 is 0 Å². The summed E-state index contributed by atoms with van der Waals surface area (Å²) < 4.78 is 1.33. The van der Waals surface area contributed by atoms with E-state index in [2.05, 4.69) is 10.3 Å². The van der Waals surface area contributed by atoms with Crippen LogP contribution in [0.25, 0.3) is 10.2 Å². The quantitative estimate of drug-likeness (QED) is 0.824. The molecule has 21 heavy (non-hydrogen) atoms. The predicted octanol–water partition coefficient (Wildman–Crippen LogP) is 0.737. The number of nitrogens with zero attached hydrogens (tertiary/aromatic N) is 2. The summed E-state index contributed by atoms with van der Waals surface area (Å²) in [4.78, 5) is 29.0. The van der Waals surface area contributed by atoms with Crippen LogP contribution in [0.5, 0.6) is 0 Å². The summed E-state index contributed by atoms with van der Waals surface area (Å²) >= 11 is 1.41. The Balaban J connectivity index is 1.64. The van der Waals surface area contributed by atoms with E-state index in [9.17, 15) is 9.59 Å². The molecule has 2 aromatic heterocycles. The Morgan fingerprint density at radius 3 is 3.05 bits per heavy atom. The maximum atomic E-state index is 12.2. The second-order valence-electron chi connectivity index (χ2n) is 5.57. The van der Waals surface area contributed by atoms with Gasteiger partial charge < -0.3 is 10.4 Å². The monoisotopic (exact) mass is 307 g/mol. The van der Waals surface area contributed by atoms with Gasteiger partial charge in [-0.1, -0.05) is 0 Å². The molecule has 2 aromatic rings. The Kier molecular flexibility index (Phi) is 3.77. The number of thiophene rings is 1. The lowest BCUT2D eigenvalue weighted by atomic mass is 10.0. The zero-order valence-corrected chi connectivity index (χ0v) is 12.4. The number of carbonyl (C=O) groups excluding carboxylic acids is 1. The summed E-state index contributed by atoms with van der Waals surface area (Å²) in [6.07, 6.45) is 4.21. The van der Waals surface area contributed by atoms with Crippen LogP contribution in [-0.2, 0) is 11.3 Å². The molecule has 3 rings (SSSR count). The van der Waals surface area contributed by atoms with Crippen LogP contribution in [0.2, 0.25) is 0 Å². The number of aliphatic hydroxyl groups excluding tert-OH is 1. The summed E-state index contributed by atoms with van der Waals surface area (Å²) in [5.74, 6) is -0.197. The lowest BCUT2D eigenvalue weighted by Gasteiger charge is -2.14. The van der Waals surface area contributed by atoms with Crippen LogP contribution >= 0.6 is 11.3 Å². The Hall–Kier alpha value is -1.73. The topological polar surface area (TPSA) is 84.2 Å². The molecule has 6 nitrogen and oxygen atoms in total. The third-order valence-corrected chi connectivity index (χ3v) is 4.84. The van der Waals surface area contributed by atoms with Crippen molar-refractivity contribution in [3.8, 4) is 0 Å². The van der Waals surface area contributed by atoms with E-state index in [0.29, 0.717) is 16.8 Å². The van der Waals surface area contributed by atoms with Crippen molar-refractivity contribution in [3.05, 3.63) is 28.1 Å². The fraction of sp³-hybridized carbons (Fsp3) is 0.500. The Morgan fingerprint density at radius 2 is 2.33 bits per heavy atom. The third-order valence-electron chi connectivity index (χ3n) is 4.02. The van der Waals surface area contributed by atoms with Crippen LogP contribution in [0.1, 0.15) is 19.3 Å². The summed E-state index contributed by atoms with van der Waals surface area (Å²) in [7, 11) is 0. The number of carbonyl (C=O) groups is 1. The minimum Gasteiger partial charge on any atom is -0.396 e. The van der Waals surface area contributed by atoms with Gasteiger partial charge in [0.15, 0.2) is 0 Å². The van der Waals surface area contributed by atoms with E-state index >= 15 is 0 Å². The van der Waals surface area contributed by atoms with Crippen molar-refractivity contribution in [1.29, 1.82) is 0 Å². The minimum absolute atomic E-state index is 0.0210. The van der Waals surface area contributed by atoms with Gasteiger partial charge in [-0.15, -0.1) is 11.3 Å². The molecule has 0 unspecified atom stereocenters. The Bertz CT molecular complexity index is 718. The van der Waals surface area contributed by atoms with E-state index in [1.807, 2.05) is 5.38 Å². The van der Waals surface area contributed by atoms with E-state index in [1.54, 1.807) is 6.07 Å². The molecule has 1 saturated carbocycles. The van der Waals surface area contributed by atoms with Crippen LogP contribution < -0.4 is 10.9 Å². The van der Waals surface area contributed by atoms with Crippen LogP contribution in [0.4, 0.5) is 0 Å². The fourth-order valence-electron chi connectivity index (χ4n) is 2.43. The zero-order chi connectivity index (χ0) is 14.9. The highest BCUT2D eigenvalue weighted by molar-refractivity contribution is 7.16. The summed E-state index contributed by atoms with van der Waals surface area (Å²) in [5.41, 5.74) is -0.113. The molecule has 1 fully saturated rings. The molecule has 7 heteroatoms. The summed E-state index contributed by atoms with van der Waals surface area (Å²) in [6.45, 7) is 0.691. The highest BCUT2D eigenvalue weighted by atomic mass is 32.1. The standard InChI is InChI=1S/C14H17N3O3S/c18-5-4-14(2-3-14)8-15-11(19)7-17-9-16-12-10(13(17)20)1-6-21-12/h1,6,9,18H,2-5,7-8H2,(H,15,19). The molecule has 0 bridgehead atoms. The first-order valence-corrected chi connectivity index (χ1v) is 7.82. The molecule has 1 aliphatic rings. The third kappa shape index (κ3) is 2.98. The first-order valence-electron chi connectivity index (χ1n) is 6.94. The lowest BCUT2D eigenvalue weighted by molar-refractivity contribution is -0.122. The smallest absolute Gasteiger partial charge is 0.262 e. The molecule has 1 amide bonds. The highest BCUT2D eigenvalue weighted by Crippen LogP contribution is 2.47. The fourth-order valence-corrected chi connectivity index (χ4v) is 3.16. The average molecular weight is 307 g/mol. The first-order chi connectivity index (χ1) is 10.1. The van der Waals surface area contributed by atoms with Gasteiger partial charge in [0.1, 0.15) is 11.4 Å². The number of hydrogen-bond acceptors (Lipinski definition) is 5. The maximum absolute atomic E-state index is 12.2. The molecule has 0 radical (unpaired) electrons. The highest BCUT2D eigenvalue weighted by Gasteiger charge is 2.41. The molecule has 2 N–H and O–H groups in total. The molecular formula is C14H17N3O3S.